The summed E-state index contributed by atoms with van der Waals surface area (Å²) in [7, 11) is 5.23. The van der Waals surface area contributed by atoms with E-state index in [1.165, 1.54) is 13.2 Å². The van der Waals surface area contributed by atoms with Gasteiger partial charge in [-0.1, -0.05) is 6.07 Å². The summed E-state index contributed by atoms with van der Waals surface area (Å²) in [6, 6.07) is 4.78. The standard InChI is InChI=1S/C18H23FN4O2/c1-23(2)18-17(20-6-7-21-18)22-16(12-8-13(24)9-12)11-4-5-15(25-3)14(19)10-11/h4-7,10,12-13,16,24H,8-9H2,1-3H3,(H,20,22). The average Bonchev–Trinajstić information content (AvgIpc) is 2.57. The van der Waals surface area contributed by atoms with Gasteiger partial charge in [0.25, 0.3) is 0 Å². The van der Waals surface area contributed by atoms with Gasteiger partial charge in [-0.15, -0.1) is 0 Å². The quantitative estimate of drug-likeness (QED) is 0.838. The lowest BCUT2D eigenvalue weighted by Crippen LogP contribution is -2.36. The number of anilines is 2. The van der Waals surface area contributed by atoms with Crippen LogP contribution in [0.3, 0.4) is 0 Å². The second-order valence-corrected chi connectivity index (χ2v) is 6.52. The van der Waals surface area contributed by atoms with E-state index in [1.807, 2.05) is 25.1 Å². The maximum atomic E-state index is 14.2. The lowest BCUT2D eigenvalue weighted by atomic mass is 9.75. The highest BCUT2D eigenvalue weighted by Gasteiger charge is 2.35. The molecule has 1 aromatic carbocycles. The van der Waals surface area contributed by atoms with E-state index in [4.69, 9.17) is 4.74 Å². The van der Waals surface area contributed by atoms with E-state index in [0.29, 0.717) is 24.5 Å². The van der Waals surface area contributed by atoms with Gasteiger partial charge in [-0.2, -0.15) is 0 Å². The predicted octanol–water partition coefficient (Wildman–Crippen LogP) is 2.61. The van der Waals surface area contributed by atoms with Crippen molar-refractivity contribution in [3.05, 3.63) is 42.0 Å². The number of aliphatic hydroxyl groups is 1. The van der Waals surface area contributed by atoms with E-state index in [-0.39, 0.29) is 23.8 Å². The molecule has 2 N–H and O–H groups in total. The lowest BCUT2D eigenvalue weighted by Gasteiger charge is -2.39. The van der Waals surface area contributed by atoms with Gasteiger partial charge in [0, 0.05) is 26.5 Å². The third-order valence-electron chi connectivity index (χ3n) is 4.55. The second kappa shape index (κ2) is 7.23. The number of hydrogen-bond acceptors (Lipinski definition) is 6. The summed E-state index contributed by atoms with van der Waals surface area (Å²) in [5.41, 5.74) is 0.797. The number of rotatable bonds is 6. The van der Waals surface area contributed by atoms with Gasteiger partial charge in [0.1, 0.15) is 0 Å². The van der Waals surface area contributed by atoms with Crippen molar-refractivity contribution < 1.29 is 14.2 Å². The summed E-state index contributed by atoms with van der Waals surface area (Å²) >= 11 is 0. The topological polar surface area (TPSA) is 70.5 Å². The summed E-state index contributed by atoms with van der Waals surface area (Å²) in [4.78, 5) is 10.6. The third-order valence-corrected chi connectivity index (χ3v) is 4.55. The van der Waals surface area contributed by atoms with Crippen molar-refractivity contribution in [3.8, 4) is 5.75 Å². The molecule has 1 atom stereocenters. The zero-order valence-corrected chi connectivity index (χ0v) is 14.6. The molecule has 134 valence electrons. The number of benzene rings is 1. The first kappa shape index (κ1) is 17.4. The Labute approximate surface area is 146 Å². The fourth-order valence-electron chi connectivity index (χ4n) is 3.16. The smallest absolute Gasteiger partial charge is 0.171 e. The van der Waals surface area contributed by atoms with Crippen LogP contribution in [0.1, 0.15) is 24.4 Å². The maximum absolute atomic E-state index is 14.2. The van der Waals surface area contributed by atoms with Gasteiger partial charge >= 0.3 is 0 Å². The fourth-order valence-corrected chi connectivity index (χ4v) is 3.16. The van der Waals surface area contributed by atoms with E-state index >= 15 is 0 Å². The van der Waals surface area contributed by atoms with Crippen LogP contribution in [0.2, 0.25) is 0 Å². The number of ether oxygens (including phenoxy) is 1. The van der Waals surface area contributed by atoms with Crippen molar-refractivity contribution in [2.24, 2.45) is 5.92 Å². The molecule has 1 aliphatic rings. The Morgan fingerprint density at radius 2 is 2.00 bits per heavy atom. The van der Waals surface area contributed by atoms with Gasteiger partial charge in [-0.25, -0.2) is 14.4 Å². The summed E-state index contributed by atoms with van der Waals surface area (Å²) in [6.45, 7) is 0. The van der Waals surface area contributed by atoms with Crippen molar-refractivity contribution in [1.82, 2.24) is 9.97 Å². The van der Waals surface area contributed by atoms with Gasteiger partial charge in [-0.05, 0) is 36.5 Å². The lowest BCUT2D eigenvalue weighted by molar-refractivity contribution is 0.0339. The second-order valence-electron chi connectivity index (χ2n) is 6.52. The highest BCUT2D eigenvalue weighted by Crippen LogP contribution is 2.41. The molecule has 0 radical (unpaired) electrons. The molecule has 25 heavy (non-hydrogen) atoms. The molecule has 1 saturated carbocycles. The van der Waals surface area contributed by atoms with Crippen LogP contribution in [-0.2, 0) is 0 Å². The fraction of sp³-hybridized carbons (Fsp3) is 0.444. The first-order valence-corrected chi connectivity index (χ1v) is 8.26. The normalized spacial score (nSPS) is 20.5. The molecule has 1 aromatic heterocycles. The predicted molar refractivity (Wildman–Crippen MR) is 94.4 cm³/mol. The zero-order valence-electron chi connectivity index (χ0n) is 14.6. The van der Waals surface area contributed by atoms with Crippen molar-refractivity contribution in [2.45, 2.75) is 25.0 Å². The van der Waals surface area contributed by atoms with Gasteiger partial charge in [0.05, 0.1) is 19.3 Å². The van der Waals surface area contributed by atoms with E-state index < -0.39 is 5.82 Å². The van der Waals surface area contributed by atoms with Crippen LogP contribution in [0.25, 0.3) is 0 Å². The van der Waals surface area contributed by atoms with Crippen molar-refractivity contribution in [3.63, 3.8) is 0 Å². The van der Waals surface area contributed by atoms with Crippen LogP contribution < -0.4 is 15.0 Å². The molecule has 0 amide bonds. The van der Waals surface area contributed by atoms with Crippen molar-refractivity contribution in [1.29, 1.82) is 0 Å². The van der Waals surface area contributed by atoms with Gasteiger partial charge in [-0.3, -0.25) is 0 Å². The van der Waals surface area contributed by atoms with E-state index in [0.717, 1.165) is 5.56 Å². The minimum atomic E-state index is -0.404. The Bertz CT molecular complexity index is 735. The highest BCUT2D eigenvalue weighted by molar-refractivity contribution is 5.60. The molecular weight excluding hydrogens is 323 g/mol. The molecular formula is C18H23FN4O2. The summed E-state index contributed by atoms with van der Waals surface area (Å²) in [5, 5.41) is 13.1. The molecule has 6 nitrogen and oxygen atoms in total. The third kappa shape index (κ3) is 3.66. The van der Waals surface area contributed by atoms with E-state index in [2.05, 4.69) is 15.3 Å². The van der Waals surface area contributed by atoms with Crippen molar-refractivity contribution >= 4 is 11.6 Å². The SMILES string of the molecule is COc1ccc(C(Nc2nccnc2N(C)C)C2CC(O)C2)cc1F. The van der Waals surface area contributed by atoms with Crippen LogP contribution in [0, 0.1) is 11.7 Å². The highest BCUT2D eigenvalue weighted by atomic mass is 19.1. The largest absolute Gasteiger partial charge is 0.494 e. The number of nitrogens with one attached hydrogen (secondary N) is 1. The molecule has 1 heterocycles. The molecule has 1 fully saturated rings. The van der Waals surface area contributed by atoms with Crippen LogP contribution in [0.5, 0.6) is 5.75 Å². The Hall–Kier alpha value is -2.41. The zero-order chi connectivity index (χ0) is 18.0. The summed E-state index contributed by atoms with van der Waals surface area (Å²) in [6.07, 6.45) is 4.30. The van der Waals surface area contributed by atoms with E-state index in [9.17, 15) is 9.50 Å². The Kier molecular flexibility index (Phi) is 5.03. The summed E-state index contributed by atoms with van der Waals surface area (Å²) in [5.74, 6) is 1.35. The van der Waals surface area contributed by atoms with Gasteiger partial charge in [0.2, 0.25) is 0 Å². The van der Waals surface area contributed by atoms with Crippen LogP contribution in [0.15, 0.2) is 30.6 Å². The van der Waals surface area contributed by atoms with Crippen molar-refractivity contribution in [2.75, 3.05) is 31.4 Å². The molecule has 2 aromatic rings. The Morgan fingerprint density at radius 1 is 1.28 bits per heavy atom. The number of aliphatic hydroxyl groups excluding tert-OH is 1. The van der Waals surface area contributed by atoms with Crippen LogP contribution >= 0.6 is 0 Å². The molecule has 0 spiro atoms. The molecule has 3 rings (SSSR count). The molecule has 0 aliphatic heterocycles. The van der Waals surface area contributed by atoms with Crippen LogP contribution in [-0.4, -0.2) is 42.4 Å². The van der Waals surface area contributed by atoms with Gasteiger partial charge in [0.15, 0.2) is 23.2 Å². The number of hydrogen-bond donors (Lipinski definition) is 2. The number of methoxy groups -OCH3 is 1. The maximum Gasteiger partial charge on any atom is 0.171 e. The number of nitrogens with zero attached hydrogens (tertiary/aromatic N) is 3. The number of halogens is 1. The molecule has 1 aliphatic carbocycles. The average molecular weight is 346 g/mol. The monoisotopic (exact) mass is 346 g/mol. The molecule has 7 heteroatoms. The molecule has 1 unspecified atom stereocenters. The first-order chi connectivity index (χ1) is 12.0. The molecule has 0 bridgehead atoms. The Balaban J connectivity index is 1.92. The summed E-state index contributed by atoms with van der Waals surface area (Å²) < 4.78 is 19.2. The minimum Gasteiger partial charge on any atom is -0.494 e. The minimum absolute atomic E-state index is 0.167. The Morgan fingerprint density at radius 3 is 2.60 bits per heavy atom. The first-order valence-electron chi connectivity index (χ1n) is 8.26. The van der Waals surface area contributed by atoms with Gasteiger partial charge < -0.3 is 20.1 Å². The molecule has 0 saturated heterocycles. The number of aromatic nitrogens is 2. The van der Waals surface area contributed by atoms with E-state index in [1.54, 1.807) is 18.5 Å². The van der Waals surface area contributed by atoms with Crippen LogP contribution in [0.4, 0.5) is 16.0 Å².